The summed E-state index contributed by atoms with van der Waals surface area (Å²) in [5.74, 6) is 2.29. The average Bonchev–Trinajstić information content (AvgIpc) is 2.88. The molecule has 1 fully saturated rings. The molecule has 78 valence electrons. The number of aromatic nitrogens is 2. The van der Waals surface area contributed by atoms with Crippen LogP contribution in [0.1, 0.15) is 50.3 Å². The maximum Gasteiger partial charge on any atom is 0.148 e. The number of rotatable bonds is 4. The van der Waals surface area contributed by atoms with Gasteiger partial charge in [-0.05, 0) is 18.8 Å². The zero-order chi connectivity index (χ0) is 10.1. The van der Waals surface area contributed by atoms with Gasteiger partial charge >= 0.3 is 0 Å². The quantitative estimate of drug-likeness (QED) is 0.771. The Balaban J connectivity index is 2.17. The number of anilines is 1. The van der Waals surface area contributed by atoms with Crippen molar-refractivity contribution in [3.05, 3.63) is 11.3 Å². The van der Waals surface area contributed by atoms with E-state index in [4.69, 9.17) is 5.73 Å². The predicted octanol–water partition coefficient (Wildman–Crippen LogP) is 2.46. The van der Waals surface area contributed by atoms with Gasteiger partial charge in [-0.15, -0.1) is 0 Å². The third kappa shape index (κ3) is 1.51. The molecule has 14 heavy (non-hydrogen) atoms. The molecule has 0 saturated heterocycles. The molecule has 1 aromatic rings. The van der Waals surface area contributed by atoms with Crippen LogP contribution in [-0.2, 0) is 6.42 Å². The first-order chi connectivity index (χ1) is 6.77. The van der Waals surface area contributed by atoms with Crippen LogP contribution in [-0.4, -0.2) is 10.2 Å². The monoisotopic (exact) mass is 193 g/mol. The Kier molecular flexibility index (Phi) is 2.48. The van der Waals surface area contributed by atoms with Gasteiger partial charge in [-0.1, -0.05) is 26.7 Å². The smallest absolute Gasteiger partial charge is 0.148 e. The molecule has 0 unspecified atom stereocenters. The van der Waals surface area contributed by atoms with Crippen molar-refractivity contribution in [3.8, 4) is 0 Å². The third-order valence-electron chi connectivity index (χ3n) is 3.25. The number of aromatic amines is 1. The van der Waals surface area contributed by atoms with Crippen molar-refractivity contribution in [1.82, 2.24) is 10.2 Å². The summed E-state index contributed by atoms with van der Waals surface area (Å²) < 4.78 is 0. The van der Waals surface area contributed by atoms with E-state index in [1.54, 1.807) is 0 Å². The number of nitrogens with two attached hydrogens (primary N) is 1. The first-order valence-corrected chi connectivity index (χ1v) is 5.60. The van der Waals surface area contributed by atoms with Crippen LogP contribution in [0.3, 0.4) is 0 Å². The highest BCUT2D eigenvalue weighted by atomic mass is 15.2. The van der Waals surface area contributed by atoms with Crippen LogP contribution in [0.2, 0.25) is 0 Å². The van der Waals surface area contributed by atoms with Gasteiger partial charge in [-0.3, -0.25) is 5.10 Å². The molecule has 1 heterocycles. The molecule has 3 heteroatoms. The molecule has 0 bridgehead atoms. The molecule has 2 rings (SSSR count). The van der Waals surface area contributed by atoms with Crippen molar-refractivity contribution in [2.45, 2.75) is 45.4 Å². The second-order valence-electron chi connectivity index (χ2n) is 4.26. The third-order valence-corrected chi connectivity index (χ3v) is 3.25. The highest BCUT2D eigenvalue weighted by Crippen LogP contribution is 2.50. The lowest BCUT2D eigenvalue weighted by atomic mass is 10.1. The van der Waals surface area contributed by atoms with Gasteiger partial charge in [-0.25, -0.2) is 0 Å². The van der Waals surface area contributed by atoms with Gasteiger partial charge in [0.15, 0.2) is 0 Å². The lowest BCUT2D eigenvalue weighted by molar-refractivity contribution is 0.747. The van der Waals surface area contributed by atoms with Crippen LogP contribution in [0.4, 0.5) is 5.82 Å². The Bertz CT molecular complexity index is 316. The van der Waals surface area contributed by atoms with Gasteiger partial charge < -0.3 is 5.73 Å². The minimum atomic E-state index is 0.712. The van der Waals surface area contributed by atoms with Crippen LogP contribution in [0, 0.1) is 5.92 Å². The lowest BCUT2D eigenvalue weighted by Gasteiger charge is -2.00. The van der Waals surface area contributed by atoms with Gasteiger partial charge in [-0.2, -0.15) is 5.10 Å². The molecule has 0 amide bonds. The molecule has 1 aliphatic rings. The minimum Gasteiger partial charge on any atom is -0.382 e. The van der Waals surface area contributed by atoms with Crippen LogP contribution in [0.5, 0.6) is 0 Å². The van der Waals surface area contributed by atoms with Crippen molar-refractivity contribution < 1.29 is 0 Å². The number of hydrogen-bond donors (Lipinski definition) is 2. The van der Waals surface area contributed by atoms with E-state index in [2.05, 4.69) is 24.0 Å². The Labute approximate surface area is 85.1 Å². The Morgan fingerprint density at radius 2 is 2.29 bits per heavy atom. The zero-order valence-corrected chi connectivity index (χ0v) is 9.01. The van der Waals surface area contributed by atoms with E-state index in [9.17, 15) is 0 Å². The largest absolute Gasteiger partial charge is 0.382 e. The van der Waals surface area contributed by atoms with E-state index in [1.165, 1.54) is 24.1 Å². The van der Waals surface area contributed by atoms with Crippen molar-refractivity contribution in [2.24, 2.45) is 5.92 Å². The van der Waals surface area contributed by atoms with Crippen LogP contribution in [0.15, 0.2) is 0 Å². The summed E-state index contributed by atoms with van der Waals surface area (Å²) in [6.07, 6.45) is 4.79. The fourth-order valence-electron chi connectivity index (χ4n) is 2.27. The summed E-state index contributed by atoms with van der Waals surface area (Å²) in [6, 6.07) is 0. The molecule has 2 atom stereocenters. The van der Waals surface area contributed by atoms with Gasteiger partial charge in [0.25, 0.3) is 0 Å². The summed E-state index contributed by atoms with van der Waals surface area (Å²) in [7, 11) is 0. The first-order valence-electron chi connectivity index (χ1n) is 5.60. The van der Waals surface area contributed by atoms with E-state index in [1.807, 2.05) is 0 Å². The molecule has 1 saturated carbocycles. The highest BCUT2D eigenvalue weighted by molar-refractivity contribution is 5.45. The molecule has 1 aliphatic carbocycles. The number of nitrogens with zero attached hydrogens (tertiary/aromatic N) is 1. The molecule has 0 aliphatic heterocycles. The number of hydrogen-bond acceptors (Lipinski definition) is 2. The van der Waals surface area contributed by atoms with Crippen LogP contribution in [0.25, 0.3) is 0 Å². The first kappa shape index (κ1) is 9.56. The van der Waals surface area contributed by atoms with Gasteiger partial charge in [0, 0.05) is 17.2 Å². The Morgan fingerprint density at radius 3 is 2.86 bits per heavy atom. The van der Waals surface area contributed by atoms with Gasteiger partial charge in [0.2, 0.25) is 0 Å². The Hall–Kier alpha value is -0.990. The van der Waals surface area contributed by atoms with E-state index in [0.717, 1.165) is 18.8 Å². The maximum atomic E-state index is 5.84. The molecule has 3 nitrogen and oxygen atoms in total. The summed E-state index contributed by atoms with van der Waals surface area (Å²) in [5, 5.41) is 7.23. The second kappa shape index (κ2) is 3.64. The number of H-pyrrole nitrogens is 1. The standard InChI is InChI=1S/C11H19N3/c1-3-5-8-10(13-14-11(8)12)9-6-7(9)4-2/h7,9H,3-6H2,1-2H3,(H3,12,13,14)/t7-,9-/m1/s1. The SMILES string of the molecule is CCCc1c(N)n[nH]c1[C@@H]1C[C@H]1CC. The zero-order valence-electron chi connectivity index (χ0n) is 9.01. The fraction of sp³-hybridized carbons (Fsp3) is 0.727. The van der Waals surface area contributed by atoms with Gasteiger partial charge in [0.05, 0.1) is 0 Å². The highest BCUT2D eigenvalue weighted by Gasteiger charge is 2.39. The predicted molar refractivity (Wildman–Crippen MR) is 58.1 cm³/mol. The second-order valence-corrected chi connectivity index (χ2v) is 4.26. The summed E-state index contributed by atoms with van der Waals surface area (Å²) in [6.45, 7) is 4.43. The lowest BCUT2D eigenvalue weighted by Crippen LogP contribution is -1.94. The molecule has 0 spiro atoms. The van der Waals surface area contributed by atoms with Crippen LogP contribution >= 0.6 is 0 Å². The summed E-state index contributed by atoms with van der Waals surface area (Å²) >= 11 is 0. The maximum absolute atomic E-state index is 5.84. The number of nitrogen functional groups attached to an aromatic ring is 1. The average molecular weight is 193 g/mol. The van der Waals surface area contributed by atoms with E-state index >= 15 is 0 Å². The van der Waals surface area contributed by atoms with Crippen molar-refractivity contribution in [3.63, 3.8) is 0 Å². The molecular weight excluding hydrogens is 174 g/mol. The molecular formula is C11H19N3. The topological polar surface area (TPSA) is 54.7 Å². The van der Waals surface area contributed by atoms with Gasteiger partial charge in [0.1, 0.15) is 5.82 Å². The normalized spacial score (nSPS) is 25.3. The molecule has 1 aromatic heterocycles. The van der Waals surface area contributed by atoms with Crippen molar-refractivity contribution >= 4 is 5.82 Å². The molecule has 3 N–H and O–H groups in total. The fourth-order valence-corrected chi connectivity index (χ4v) is 2.27. The number of nitrogens with one attached hydrogen (secondary N) is 1. The Morgan fingerprint density at radius 1 is 1.50 bits per heavy atom. The molecule has 0 radical (unpaired) electrons. The minimum absolute atomic E-state index is 0.712. The van der Waals surface area contributed by atoms with E-state index in [0.29, 0.717) is 11.7 Å². The summed E-state index contributed by atoms with van der Waals surface area (Å²) in [5.41, 5.74) is 8.43. The van der Waals surface area contributed by atoms with E-state index < -0.39 is 0 Å². The van der Waals surface area contributed by atoms with E-state index in [-0.39, 0.29) is 0 Å². The van der Waals surface area contributed by atoms with Crippen LogP contribution < -0.4 is 5.73 Å². The molecule has 0 aromatic carbocycles. The summed E-state index contributed by atoms with van der Waals surface area (Å²) in [4.78, 5) is 0. The van der Waals surface area contributed by atoms with Crippen molar-refractivity contribution in [2.75, 3.05) is 5.73 Å². The van der Waals surface area contributed by atoms with Crippen molar-refractivity contribution in [1.29, 1.82) is 0 Å².